The minimum absolute atomic E-state index is 0.250. The Morgan fingerprint density at radius 1 is 1.05 bits per heavy atom. The van der Waals surface area contributed by atoms with Crippen molar-refractivity contribution in [3.8, 4) is 0 Å². The number of H-pyrrole nitrogens is 1. The van der Waals surface area contributed by atoms with Gasteiger partial charge in [0.1, 0.15) is 5.03 Å². The third kappa shape index (κ3) is 3.51. The summed E-state index contributed by atoms with van der Waals surface area (Å²) >= 11 is 1.60. The molecule has 0 atom stereocenters. The van der Waals surface area contributed by atoms with Crippen LogP contribution in [0.25, 0.3) is 10.8 Å². The molecule has 0 saturated carbocycles. The second-order valence-corrected chi connectivity index (χ2v) is 4.60. The maximum absolute atomic E-state index is 8.12. The fourth-order valence-corrected chi connectivity index (χ4v) is 2.35. The van der Waals surface area contributed by atoms with Gasteiger partial charge in [0, 0.05) is 4.90 Å². The van der Waals surface area contributed by atoms with Crippen molar-refractivity contribution in [3.63, 3.8) is 0 Å². The zero-order chi connectivity index (χ0) is 13.5. The molecule has 94 valence electrons. The van der Waals surface area contributed by atoms with Crippen LogP contribution in [0, 0.1) is 0 Å². The molecule has 0 aliphatic rings. The zero-order valence-corrected chi connectivity index (χ0v) is 10.6. The average molecular weight is 271 g/mol. The maximum Gasteiger partial charge on any atom is 0.373 e. The maximum atomic E-state index is 8.12. The number of rotatable bonds is 2. The van der Waals surface area contributed by atoms with Crippen LogP contribution < -0.4 is 0 Å². The molecular weight excluding hydrogens is 262 g/mol. The largest absolute Gasteiger partial charge is 0.373 e. The summed E-state index contributed by atoms with van der Waals surface area (Å²) in [5.41, 5.74) is 0. The van der Waals surface area contributed by atoms with Crippen molar-refractivity contribution in [3.05, 3.63) is 48.7 Å². The first-order valence-electron chi connectivity index (χ1n) is 5.35. The lowest BCUT2D eigenvalue weighted by atomic mass is 10.1. The van der Waals surface area contributed by atoms with Crippen LogP contribution in [0.3, 0.4) is 0 Å². The van der Waals surface area contributed by atoms with E-state index in [0.29, 0.717) is 0 Å². The fraction of sp³-hybridized carbons (Fsp3) is 0. The van der Waals surface area contributed by atoms with Crippen LogP contribution in [0.2, 0.25) is 0 Å². The lowest BCUT2D eigenvalue weighted by Gasteiger charge is -2.00. The van der Waals surface area contributed by atoms with Gasteiger partial charge in [-0.25, -0.2) is 0 Å². The molecule has 0 aliphatic carbocycles. The topological polar surface area (TPSA) is 75.7 Å². The SMILES string of the molecule is O=C=O.c1ccc2cc(Sc3cn[nH]n3)ccc2c1. The summed E-state index contributed by atoms with van der Waals surface area (Å²) in [4.78, 5) is 17.4. The molecule has 3 aromatic rings. The molecule has 6 heteroatoms. The summed E-state index contributed by atoms with van der Waals surface area (Å²) < 4.78 is 0. The number of hydrogen-bond acceptors (Lipinski definition) is 5. The quantitative estimate of drug-likeness (QED) is 0.775. The van der Waals surface area contributed by atoms with Crippen molar-refractivity contribution in [1.82, 2.24) is 15.4 Å². The summed E-state index contributed by atoms with van der Waals surface area (Å²) in [6, 6.07) is 14.7. The van der Waals surface area contributed by atoms with Gasteiger partial charge in [-0.05, 0) is 22.9 Å². The van der Waals surface area contributed by atoms with Gasteiger partial charge in [0.25, 0.3) is 0 Å². The Morgan fingerprint density at radius 2 is 1.79 bits per heavy atom. The van der Waals surface area contributed by atoms with E-state index >= 15 is 0 Å². The fourth-order valence-electron chi connectivity index (χ4n) is 1.59. The number of benzene rings is 2. The van der Waals surface area contributed by atoms with Crippen LogP contribution in [0.4, 0.5) is 0 Å². The van der Waals surface area contributed by atoms with Crippen molar-refractivity contribution in [1.29, 1.82) is 0 Å². The highest BCUT2D eigenvalue weighted by Gasteiger charge is 2.00. The van der Waals surface area contributed by atoms with Crippen LogP contribution >= 0.6 is 11.8 Å². The van der Waals surface area contributed by atoms with Gasteiger partial charge in [-0.2, -0.15) is 19.9 Å². The molecular formula is C13H9N3O2S. The first kappa shape index (κ1) is 13.0. The molecule has 19 heavy (non-hydrogen) atoms. The number of aromatic amines is 1. The van der Waals surface area contributed by atoms with Crippen LogP contribution in [0.15, 0.2) is 58.6 Å². The molecule has 3 rings (SSSR count). The van der Waals surface area contributed by atoms with E-state index < -0.39 is 0 Å². The minimum Gasteiger partial charge on any atom is -0.197 e. The van der Waals surface area contributed by atoms with Crippen molar-refractivity contribution >= 4 is 28.7 Å². The molecule has 0 bridgehead atoms. The highest BCUT2D eigenvalue weighted by atomic mass is 32.2. The van der Waals surface area contributed by atoms with Gasteiger partial charge in [-0.1, -0.05) is 42.1 Å². The van der Waals surface area contributed by atoms with E-state index in [4.69, 9.17) is 9.59 Å². The van der Waals surface area contributed by atoms with Gasteiger partial charge in [0.15, 0.2) is 0 Å². The molecule has 0 unspecified atom stereocenters. The average Bonchev–Trinajstić information content (AvgIpc) is 2.92. The Balaban J connectivity index is 0.000000408. The molecule has 1 heterocycles. The van der Waals surface area contributed by atoms with Crippen LogP contribution in [0.5, 0.6) is 0 Å². The molecule has 1 N–H and O–H groups in total. The van der Waals surface area contributed by atoms with Crippen molar-refractivity contribution in [2.75, 3.05) is 0 Å². The highest BCUT2D eigenvalue weighted by Crippen LogP contribution is 2.27. The minimum atomic E-state index is 0.250. The molecule has 0 fully saturated rings. The van der Waals surface area contributed by atoms with Crippen molar-refractivity contribution < 1.29 is 9.59 Å². The molecule has 5 nitrogen and oxygen atoms in total. The van der Waals surface area contributed by atoms with E-state index in [0.717, 1.165) is 5.03 Å². The van der Waals surface area contributed by atoms with Crippen molar-refractivity contribution in [2.45, 2.75) is 9.92 Å². The standard InChI is InChI=1S/C12H9N3S.CO2/c1-2-4-10-7-11(6-5-9(10)3-1)16-12-8-13-15-14-12;2-1-3/h1-8H,(H,13,14,15);. The monoisotopic (exact) mass is 271 g/mol. The van der Waals surface area contributed by atoms with Gasteiger partial charge in [-0.3, -0.25) is 0 Å². The van der Waals surface area contributed by atoms with Gasteiger partial charge in [-0.15, -0.1) is 5.10 Å². The first-order valence-corrected chi connectivity index (χ1v) is 6.17. The molecule has 2 aromatic carbocycles. The third-order valence-corrected chi connectivity index (χ3v) is 3.23. The molecule has 0 radical (unpaired) electrons. The predicted octanol–water partition coefficient (Wildman–Crippen LogP) is 2.53. The summed E-state index contributed by atoms with van der Waals surface area (Å²) in [7, 11) is 0. The van der Waals surface area contributed by atoms with Gasteiger partial charge >= 0.3 is 6.15 Å². The Morgan fingerprint density at radius 3 is 2.47 bits per heavy atom. The third-order valence-electron chi connectivity index (χ3n) is 2.34. The number of aromatic nitrogens is 3. The summed E-state index contributed by atoms with van der Waals surface area (Å²) in [5.74, 6) is 0. The Labute approximate surface area is 113 Å². The summed E-state index contributed by atoms with van der Waals surface area (Å²) in [6.45, 7) is 0. The molecule has 1 aromatic heterocycles. The van der Waals surface area contributed by atoms with Crippen LogP contribution in [-0.4, -0.2) is 21.6 Å². The number of nitrogens with zero attached hydrogens (tertiary/aromatic N) is 2. The van der Waals surface area contributed by atoms with E-state index in [1.54, 1.807) is 18.0 Å². The van der Waals surface area contributed by atoms with E-state index in [1.165, 1.54) is 15.7 Å². The second-order valence-electron chi connectivity index (χ2n) is 3.50. The van der Waals surface area contributed by atoms with Gasteiger partial charge in [0.2, 0.25) is 0 Å². The summed E-state index contributed by atoms with van der Waals surface area (Å²) in [6.07, 6.45) is 1.97. The predicted molar refractivity (Wildman–Crippen MR) is 69.5 cm³/mol. The molecule has 0 saturated heterocycles. The molecule has 0 spiro atoms. The molecule has 0 amide bonds. The Bertz CT molecular complexity index is 692. The normalized spacial score (nSPS) is 9.47. The van der Waals surface area contributed by atoms with E-state index in [2.05, 4.69) is 45.7 Å². The van der Waals surface area contributed by atoms with Crippen molar-refractivity contribution in [2.24, 2.45) is 0 Å². The summed E-state index contributed by atoms with van der Waals surface area (Å²) in [5, 5.41) is 13.8. The highest BCUT2D eigenvalue weighted by molar-refractivity contribution is 7.99. The molecule has 0 aliphatic heterocycles. The Hall–Kier alpha value is -2.43. The zero-order valence-electron chi connectivity index (χ0n) is 9.74. The van der Waals surface area contributed by atoms with E-state index in [1.807, 2.05) is 12.1 Å². The Kier molecular flexibility index (Phi) is 4.44. The number of nitrogens with one attached hydrogen (secondary N) is 1. The number of carbonyl (C=O) groups excluding carboxylic acids is 2. The van der Waals surface area contributed by atoms with E-state index in [-0.39, 0.29) is 6.15 Å². The number of fused-ring (bicyclic) bond motifs is 1. The van der Waals surface area contributed by atoms with Crippen LogP contribution in [0.1, 0.15) is 0 Å². The van der Waals surface area contributed by atoms with Gasteiger partial charge in [0.05, 0.1) is 6.20 Å². The first-order chi connectivity index (χ1) is 9.33. The number of hydrogen-bond donors (Lipinski definition) is 1. The second kappa shape index (κ2) is 6.49. The lowest BCUT2D eigenvalue weighted by molar-refractivity contribution is -0.191. The van der Waals surface area contributed by atoms with E-state index in [9.17, 15) is 0 Å². The van der Waals surface area contributed by atoms with Gasteiger partial charge < -0.3 is 0 Å². The lowest BCUT2D eigenvalue weighted by Crippen LogP contribution is -1.76. The smallest absolute Gasteiger partial charge is 0.197 e. The van der Waals surface area contributed by atoms with Crippen LogP contribution in [-0.2, 0) is 9.59 Å².